The number of carbonyl (C=O) groups is 1. The number of hydrogen-bond acceptors (Lipinski definition) is 3. The van der Waals surface area contributed by atoms with Crippen molar-refractivity contribution in [3.63, 3.8) is 0 Å². The highest BCUT2D eigenvalue weighted by Crippen LogP contribution is 2.49. The molecule has 0 unspecified atom stereocenters. The number of carboxylic acids is 1. The third-order valence-corrected chi connectivity index (χ3v) is 3.31. The molecular formula is C13H13NO3. The lowest BCUT2D eigenvalue weighted by molar-refractivity contribution is -0.140. The van der Waals surface area contributed by atoms with E-state index >= 15 is 0 Å². The van der Waals surface area contributed by atoms with Gasteiger partial charge in [-0.1, -0.05) is 6.07 Å². The molecular weight excluding hydrogens is 218 g/mol. The van der Waals surface area contributed by atoms with E-state index in [0.717, 1.165) is 5.56 Å². The molecule has 1 aliphatic carbocycles. The van der Waals surface area contributed by atoms with Crippen molar-refractivity contribution in [1.29, 1.82) is 5.26 Å². The van der Waals surface area contributed by atoms with Crippen LogP contribution in [0, 0.1) is 18.3 Å². The highest BCUT2D eigenvalue weighted by molar-refractivity contribution is 5.85. The minimum Gasteiger partial charge on any atom is -0.495 e. The Morgan fingerprint density at radius 3 is 2.59 bits per heavy atom. The van der Waals surface area contributed by atoms with E-state index in [2.05, 4.69) is 0 Å². The zero-order valence-electron chi connectivity index (χ0n) is 9.78. The van der Waals surface area contributed by atoms with Gasteiger partial charge in [0.1, 0.15) is 11.8 Å². The third-order valence-electron chi connectivity index (χ3n) is 3.31. The first-order chi connectivity index (χ1) is 8.05. The monoisotopic (exact) mass is 231 g/mol. The normalized spacial score (nSPS) is 16.1. The lowest BCUT2D eigenvalue weighted by Gasteiger charge is -2.14. The minimum atomic E-state index is -0.814. The van der Waals surface area contributed by atoms with Crippen molar-refractivity contribution in [1.82, 2.24) is 0 Å². The molecule has 1 N–H and O–H groups in total. The number of benzene rings is 1. The molecule has 0 aromatic heterocycles. The maximum absolute atomic E-state index is 11.2. The first kappa shape index (κ1) is 11.5. The molecule has 0 saturated heterocycles. The molecule has 0 spiro atoms. The molecule has 4 nitrogen and oxygen atoms in total. The summed E-state index contributed by atoms with van der Waals surface area (Å²) in [7, 11) is 1.51. The molecule has 1 aromatic rings. The molecule has 0 atom stereocenters. The maximum Gasteiger partial charge on any atom is 0.314 e. The molecule has 0 radical (unpaired) electrons. The van der Waals surface area contributed by atoms with Gasteiger partial charge in [0.15, 0.2) is 0 Å². The van der Waals surface area contributed by atoms with E-state index in [4.69, 9.17) is 10.00 Å². The second-order valence-corrected chi connectivity index (χ2v) is 4.37. The first-order valence-corrected chi connectivity index (χ1v) is 5.38. The van der Waals surface area contributed by atoms with Crippen molar-refractivity contribution in [2.75, 3.05) is 7.11 Å². The van der Waals surface area contributed by atoms with Crippen LogP contribution in [0.5, 0.6) is 5.75 Å². The molecule has 88 valence electrons. The summed E-state index contributed by atoms with van der Waals surface area (Å²) >= 11 is 0. The van der Waals surface area contributed by atoms with Gasteiger partial charge in [-0.3, -0.25) is 4.79 Å². The Morgan fingerprint density at radius 1 is 1.53 bits per heavy atom. The van der Waals surface area contributed by atoms with Crippen molar-refractivity contribution in [3.05, 3.63) is 28.8 Å². The van der Waals surface area contributed by atoms with Gasteiger partial charge < -0.3 is 9.84 Å². The molecule has 17 heavy (non-hydrogen) atoms. The summed E-state index contributed by atoms with van der Waals surface area (Å²) in [6.45, 7) is 1.82. The van der Waals surface area contributed by atoms with Gasteiger partial charge in [0, 0.05) is 0 Å². The zero-order chi connectivity index (χ0) is 12.6. The van der Waals surface area contributed by atoms with Crippen molar-refractivity contribution in [3.8, 4) is 11.8 Å². The van der Waals surface area contributed by atoms with Crippen LogP contribution >= 0.6 is 0 Å². The number of nitrogens with zero attached hydrogens (tertiary/aromatic N) is 1. The van der Waals surface area contributed by atoms with Crippen molar-refractivity contribution in [2.24, 2.45) is 0 Å². The molecule has 1 aromatic carbocycles. The fourth-order valence-corrected chi connectivity index (χ4v) is 2.16. The minimum absolute atomic E-state index is 0.398. The predicted molar refractivity (Wildman–Crippen MR) is 61.0 cm³/mol. The average Bonchev–Trinajstić information content (AvgIpc) is 3.08. The van der Waals surface area contributed by atoms with Crippen LogP contribution in [-0.4, -0.2) is 18.2 Å². The van der Waals surface area contributed by atoms with Gasteiger partial charge in [-0.15, -0.1) is 0 Å². The van der Waals surface area contributed by atoms with Crippen LogP contribution in [0.1, 0.15) is 29.5 Å². The van der Waals surface area contributed by atoms with Crippen molar-refractivity contribution < 1.29 is 14.6 Å². The number of ether oxygens (including phenoxy) is 1. The fraction of sp³-hybridized carbons (Fsp3) is 0.385. The standard InChI is InChI=1S/C13H13NO3/c1-8-5-10(13(3-4-13)12(15)16)6-9(7-14)11(8)17-2/h5-6H,3-4H2,1-2H3,(H,15,16). The molecule has 1 saturated carbocycles. The summed E-state index contributed by atoms with van der Waals surface area (Å²) in [6.07, 6.45) is 1.28. The van der Waals surface area contributed by atoms with Gasteiger partial charge in [0.05, 0.1) is 18.1 Å². The van der Waals surface area contributed by atoms with Crippen LogP contribution in [0.2, 0.25) is 0 Å². The van der Waals surface area contributed by atoms with E-state index in [1.165, 1.54) is 7.11 Å². The Hall–Kier alpha value is -2.02. The number of rotatable bonds is 3. The molecule has 1 aliphatic rings. The van der Waals surface area contributed by atoms with Crippen LogP contribution in [0.3, 0.4) is 0 Å². The van der Waals surface area contributed by atoms with Crippen molar-refractivity contribution in [2.45, 2.75) is 25.2 Å². The van der Waals surface area contributed by atoms with E-state index in [1.54, 1.807) is 12.1 Å². The van der Waals surface area contributed by atoms with Gasteiger partial charge >= 0.3 is 5.97 Å². The summed E-state index contributed by atoms with van der Waals surface area (Å²) in [4.78, 5) is 11.2. The van der Waals surface area contributed by atoms with Crippen LogP contribution in [0.4, 0.5) is 0 Å². The smallest absolute Gasteiger partial charge is 0.314 e. The summed E-state index contributed by atoms with van der Waals surface area (Å²) in [6, 6.07) is 5.49. The number of aryl methyl sites for hydroxylation is 1. The summed E-state index contributed by atoms with van der Waals surface area (Å²) in [5.41, 5.74) is 1.13. The van der Waals surface area contributed by atoms with Crippen LogP contribution in [-0.2, 0) is 10.2 Å². The van der Waals surface area contributed by atoms with Crippen molar-refractivity contribution >= 4 is 5.97 Å². The highest BCUT2D eigenvalue weighted by Gasteiger charge is 2.52. The molecule has 0 aliphatic heterocycles. The van der Waals surface area contributed by atoms with Gasteiger partial charge in [-0.05, 0) is 37.0 Å². The molecule has 0 amide bonds. The van der Waals surface area contributed by atoms with Gasteiger partial charge in [0.2, 0.25) is 0 Å². The maximum atomic E-state index is 11.2. The highest BCUT2D eigenvalue weighted by atomic mass is 16.5. The fourth-order valence-electron chi connectivity index (χ4n) is 2.16. The van der Waals surface area contributed by atoms with E-state index in [-0.39, 0.29) is 0 Å². The number of methoxy groups -OCH3 is 1. The molecule has 0 bridgehead atoms. The summed E-state index contributed by atoms with van der Waals surface area (Å²) < 4.78 is 5.15. The Bertz CT molecular complexity index is 524. The lowest BCUT2D eigenvalue weighted by atomic mass is 9.92. The zero-order valence-corrected chi connectivity index (χ0v) is 9.78. The molecule has 2 rings (SSSR count). The summed E-state index contributed by atoms with van der Waals surface area (Å²) in [5.74, 6) is -0.289. The second-order valence-electron chi connectivity index (χ2n) is 4.37. The Kier molecular flexibility index (Phi) is 2.55. The number of aliphatic carboxylic acids is 1. The van der Waals surface area contributed by atoms with Gasteiger partial charge in [-0.25, -0.2) is 0 Å². The van der Waals surface area contributed by atoms with Gasteiger partial charge in [-0.2, -0.15) is 5.26 Å². The average molecular weight is 231 g/mol. The molecule has 1 fully saturated rings. The predicted octanol–water partition coefficient (Wildman–Crippen LogP) is 1.99. The summed E-state index contributed by atoms with van der Waals surface area (Å²) in [5, 5.41) is 18.3. The van der Waals surface area contributed by atoms with Crippen LogP contribution < -0.4 is 4.74 Å². The number of nitriles is 1. The second kappa shape index (κ2) is 3.77. The van der Waals surface area contributed by atoms with Crippen LogP contribution in [0.15, 0.2) is 12.1 Å². The molecule has 4 heteroatoms. The quantitative estimate of drug-likeness (QED) is 0.863. The van der Waals surface area contributed by atoms with E-state index in [0.29, 0.717) is 29.7 Å². The Labute approximate surface area is 99.4 Å². The van der Waals surface area contributed by atoms with Gasteiger partial charge in [0.25, 0.3) is 0 Å². The van der Waals surface area contributed by atoms with Crippen LogP contribution in [0.25, 0.3) is 0 Å². The third kappa shape index (κ3) is 1.64. The molecule has 0 heterocycles. The lowest BCUT2D eigenvalue weighted by Crippen LogP contribution is -2.19. The Morgan fingerprint density at radius 2 is 2.18 bits per heavy atom. The topological polar surface area (TPSA) is 70.3 Å². The SMILES string of the molecule is COc1c(C)cc(C2(C(=O)O)CC2)cc1C#N. The van der Waals surface area contributed by atoms with E-state index in [9.17, 15) is 9.90 Å². The van der Waals surface area contributed by atoms with E-state index < -0.39 is 11.4 Å². The van der Waals surface area contributed by atoms with E-state index in [1.807, 2.05) is 13.0 Å². The number of hydrogen-bond donors (Lipinski definition) is 1. The first-order valence-electron chi connectivity index (χ1n) is 5.38. The number of carboxylic acid groups (broad SMARTS) is 1. The Balaban J connectivity index is 2.56. The largest absolute Gasteiger partial charge is 0.495 e.